The zero-order valence-corrected chi connectivity index (χ0v) is 9.50. The first-order valence-electron chi connectivity index (χ1n) is 5.04. The Morgan fingerprint density at radius 1 is 1.53 bits per heavy atom. The second kappa shape index (κ2) is 4.79. The van der Waals surface area contributed by atoms with Gasteiger partial charge >= 0.3 is 0 Å². The number of aromatic nitrogens is 2. The maximum Gasteiger partial charge on any atom is 0.225 e. The number of hydrogen-bond acceptors (Lipinski definition) is 4. The summed E-state index contributed by atoms with van der Waals surface area (Å²) in [4.78, 5) is 10.2. The van der Waals surface area contributed by atoms with E-state index in [-0.39, 0.29) is 5.82 Å². The molecule has 1 aromatic heterocycles. The quantitative estimate of drug-likeness (QED) is 0.789. The van der Waals surface area contributed by atoms with Gasteiger partial charge in [-0.15, -0.1) is 0 Å². The Morgan fingerprint density at radius 3 is 2.93 bits per heavy atom. The summed E-state index contributed by atoms with van der Waals surface area (Å²) in [5, 5.41) is 0. The highest BCUT2D eigenvalue weighted by Crippen LogP contribution is 2.23. The van der Waals surface area contributed by atoms with Gasteiger partial charge in [0.1, 0.15) is 0 Å². The Hall–Kier alpha value is -0.840. The fraction of sp³-hybridized carbons (Fsp3) is 0.600. The number of anilines is 1. The van der Waals surface area contributed by atoms with Crippen molar-refractivity contribution >= 4 is 17.7 Å². The number of nitrogens with zero attached hydrogens (tertiary/aromatic N) is 3. The lowest BCUT2D eigenvalue weighted by Crippen LogP contribution is -2.32. The third kappa shape index (κ3) is 2.40. The van der Waals surface area contributed by atoms with E-state index in [1.807, 2.05) is 11.8 Å². The molecule has 2 heterocycles. The first kappa shape index (κ1) is 10.7. The van der Waals surface area contributed by atoms with Gasteiger partial charge in [0, 0.05) is 18.3 Å². The van der Waals surface area contributed by atoms with E-state index in [9.17, 15) is 4.39 Å². The minimum atomic E-state index is -0.376. The number of hydrogen-bond donors (Lipinski definition) is 0. The fourth-order valence-electron chi connectivity index (χ4n) is 1.92. The lowest BCUT2D eigenvalue weighted by molar-refractivity contribution is 0.610. The molecule has 0 bridgehead atoms. The van der Waals surface area contributed by atoms with Gasteiger partial charge in [0.15, 0.2) is 5.82 Å². The van der Waals surface area contributed by atoms with Crippen LogP contribution in [0.4, 0.5) is 10.3 Å². The van der Waals surface area contributed by atoms with Crippen LogP contribution in [0.15, 0.2) is 12.4 Å². The largest absolute Gasteiger partial charge is 0.337 e. The van der Waals surface area contributed by atoms with E-state index >= 15 is 0 Å². The summed E-state index contributed by atoms with van der Waals surface area (Å²) in [5.41, 5.74) is 0. The van der Waals surface area contributed by atoms with Gasteiger partial charge in [-0.05, 0) is 19.1 Å². The second-order valence-corrected chi connectivity index (χ2v) is 4.56. The van der Waals surface area contributed by atoms with Gasteiger partial charge in [0.25, 0.3) is 0 Å². The zero-order valence-electron chi connectivity index (χ0n) is 8.69. The molecule has 1 aliphatic heterocycles. The van der Waals surface area contributed by atoms with Crippen LogP contribution in [0.25, 0.3) is 0 Å². The van der Waals surface area contributed by atoms with Gasteiger partial charge in [-0.1, -0.05) is 0 Å². The highest BCUT2D eigenvalue weighted by Gasteiger charge is 2.25. The molecule has 0 radical (unpaired) electrons. The Labute approximate surface area is 93.1 Å². The molecule has 5 heteroatoms. The van der Waals surface area contributed by atoms with Gasteiger partial charge in [0.05, 0.1) is 12.4 Å². The molecule has 82 valence electrons. The van der Waals surface area contributed by atoms with Crippen molar-refractivity contribution < 1.29 is 4.39 Å². The van der Waals surface area contributed by atoms with Crippen LogP contribution in [0.1, 0.15) is 12.8 Å². The Kier molecular flexibility index (Phi) is 3.41. The summed E-state index contributed by atoms with van der Waals surface area (Å²) in [6.07, 6.45) is 6.92. The van der Waals surface area contributed by atoms with Crippen LogP contribution < -0.4 is 4.90 Å². The molecule has 0 unspecified atom stereocenters. The number of thioether (sulfide) groups is 1. The molecule has 1 atom stereocenters. The average molecular weight is 227 g/mol. The summed E-state index contributed by atoms with van der Waals surface area (Å²) >= 11 is 1.83. The smallest absolute Gasteiger partial charge is 0.225 e. The van der Waals surface area contributed by atoms with E-state index in [4.69, 9.17) is 0 Å². The topological polar surface area (TPSA) is 29.0 Å². The lowest BCUT2D eigenvalue weighted by atomic mass is 10.2. The Balaban J connectivity index is 2.11. The van der Waals surface area contributed by atoms with E-state index in [2.05, 4.69) is 21.1 Å². The minimum absolute atomic E-state index is 0.376. The van der Waals surface area contributed by atoms with Crippen molar-refractivity contribution in [2.24, 2.45) is 0 Å². The first-order valence-corrected chi connectivity index (χ1v) is 6.44. The molecule has 1 fully saturated rings. The van der Waals surface area contributed by atoms with Gasteiger partial charge in [-0.25, -0.2) is 14.4 Å². The summed E-state index contributed by atoms with van der Waals surface area (Å²) in [6, 6.07) is 0.505. The van der Waals surface area contributed by atoms with Crippen molar-refractivity contribution in [1.82, 2.24) is 9.97 Å². The van der Waals surface area contributed by atoms with Gasteiger partial charge < -0.3 is 4.90 Å². The van der Waals surface area contributed by atoms with Crippen LogP contribution in [0, 0.1) is 5.82 Å². The van der Waals surface area contributed by atoms with E-state index < -0.39 is 0 Å². The molecule has 1 aliphatic rings. The lowest BCUT2D eigenvalue weighted by Gasteiger charge is -2.23. The SMILES string of the molecule is CSC[C@@H]1CCCN1c1ncc(F)cn1. The highest BCUT2D eigenvalue weighted by atomic mass is 32.2. The summed E-state index contributed by atoms with van der Waals surface area (Å²) in [5.74, 6) is 1.37. The second-order valence-electron chi connectivity index (χ2n) is 3.65. The molecule has 1 saturated heterocycles. The number of rotatable bonds is 3. The fourth-order valence-corrected chi connectivity index (χ4v) is 2.65. The van der Waals surface area contributed by atoms with E-state index in [0.717, 1.165) is 12.3 Å². The van der Waals surface area contributed by atoms with Crippen molar-refractivity contribution in [2.45, 2.75) is 18.9 Å². The van der Waals surface area contributed by atoms with Crippen LogP contribution in [-0.2, 0) is 0 Å². The summed E-state index contributed by atoms with van der Waals surface area (Å²) in [7, 11) is 0. The van der Waals surface area contributed by atoms with Crippen LogP contribution in [0.3, 0.4) is 0 Å². The Morgan fingerprint density at radius 2 is 2.27 bits per heavy atom. The van der Waals surface area contributed by atoms with Crippen LogP contribution in [0.2, 0.25) is 0 Å². The molecule has 0 saturated carbocycles. The van der Waals surface area contributed by atoms with Gasteiger partial charge in [0.2, 0.25) is 5.95 Å². The predicted octanol–water partition coefficient (Wildman–Crippen LogP) is 1.95. The predicted molar refractivity (Wildman–Crippen MR) is 60.7 cm³/mol. The zero-order chi connectivity index (χ0) is 10.7. The minimum Gasteiger partial charge on any atom is -0.337 e. The molecule has 0 aliphatic carbocycles. The number of halogens is 1. The summed E-state index contributed by atoms with van der Waals surface area (Å²) in [6.45, 7) is 0.983. The standard InChI is InChI=1S/C10H14FN3S/c1-15-7-9-3-2-4-14(9)10-12-5-8(11)6-13-10/h5-6,9H,2-4,7H2,1H3/t9-/m0/s1. The van der Waals surface area contributed by atoms with Crippen molar-refractivity contribution in [1.29, 1.82) is 0 Å². The van der Waals surface area contributed by atoms with Crippen LogP contribution in [-0.4, -0.2) is 34.6 Å². The molecule has 3 nitrogen and oxygen atoms in total. The van der Waals surface area contributed by atoms with Crippen LogP contribution >= 0.6 is 11.8 Å². The van der Waals surface area contributed by atoms with Crippen molar-refractivity contribution in [3.8, 4) is 0 Å². The van der Waals surface area contributed by atoms with Crippen LogP contribution in [0.5, 0.6) is 0 Å². The van der Waals surface area contributed by atoms with Crippen molar-refractivity contribution in [2.75, 3.05) is 23.5 Å². The molecule has 0 aromatic carbocycles. The van der Waals surface area contributed by atoms with Gasteiger partial charge in [-0.3, -0.25) is 0 Å². The summed E-state index contributed by atoms with van der Waals surface area (Å²) < 4.78 is 12.7. The Bertz CT molecular complexity index is 317. The maximum absolute atomic E-state index is 12.7. The van der Waals surface area contributed by atoms with Gasteiger partial charge in [-0.2, -0.15) is 11.8 Å². The average Bonchev–Trinajstić information content (AvgIpc) is 2.68. The molecular formula is C10H14FN3S. The molecule has 0 spiro atoms. The molecule has 2 rings (SSSR count). The van der Waals surface area contributed by atoms with E-state index in [0.29, 0.717) is 12.0 Å². The first-order chi connectivity index (χ1) is 7.31. The third-order valence-electron chi connectivity index (χ3n) is 2.60. The van der Waals surface area contributed by atoms with E-state index in [1.165, 1.54) is 25.2 Å². The molecule has 0 amide bonds. The third-order valence-corrected chi connectivity index (χ3v) is 3.32. The van der Waals surface area contributed by atoms with Crippen molar-refractivity contribution in [3.63, 3.8) is 0 Å². The van der Waals surface area contributed by atoms with E-state index in [1.54, 1.807) is 0 Å². The highest BCUT2D eigenvalue weighted by molar-refractivity contribution is 7.98. The molecule has 1 aromatic rings. The molecule has 0 N–H and O–H groups in total. The maximum atomic E-state index is 12.7. The monoisotopic (exact) mass is 227 g/mol. The molecule has 15 heavy (non-hydrogen) atoms. The van der Waals surface area contributed by atoms with Crippen molar-refractivity contribution in [3.05, 3.63) is 18.2 Å². The normalized spacial score (nSPS) is 20.9. The molecular weight excluding hydrogens is 213 g/mol.